The highest BCUT2D eigenvalue weighted by molar-refractivity contribution is 5.82. The minimum Gasteiger partial charge on any atom is -0.351 e. The van der Waals surface area contributed by atoms with Crippen molar-refractivity contribution in [3.05, 3.63) is 29.6 Å². The molecule has 1 aromatic rings. The Kier molecular flexibility index (Phi) is 3.97. The summed E-state index contributed by atoms with van der Waals surface area (Å²) in [7, 11) is 0. The van der Waals surface area contributed by atoms with Crippen molar-refractivity contribution in [2.24, 2.45) is 5.41 Å². The van der Waals surface area contributed by atoms with E-state index in [0.717, 1.165) is 37.2 Å². The Morgan fingerprint density at radius 1 is 1.44 bits per heavy atom. The summed E-state index contributed by atoms with van der Waals surface area (Å²) in [5.41, 5.74) is 1.82. The van der Waals surface area contributed by atoms with Gasteiger partial charge in [0.25, 0.3) is 0 Å². The molecule has 1 aliphatic rings. The van der Waals surface area contributed by atoms with E-state index in [1.807, 2.05) is 25.3 Å². The molecule has 0 unspecified atom stereocenters. The van der Waals surface area contributed by atoms with E-state index in [4.69, 9.17) is 0 Å². The Morgan fingerprint density at radius 2 is 2.17 bits per heavy atom. The van der Waals surface area contributed by atoms with Crippen molar-refractivity contribution in [2.75, 3.05) is 13.1 Å². The van der Waals surface area contributed by atoms with Crippen LogP contribution in [0.25, 0.3) is 0 Å². The van der Waals surface area contributed by atoms with Crippen LogP contribution in [0.15, 0.2) is 18.3 Å². The number of hydrogen-bond donors (Lipinski definition) is 2. The van der Waals surface area contributed by atoms with Crippen LogP contribution in [-0.2, 0) is 11.3 Å². The number of hydrogen-bond acceptors (Lipinski definition) is 3. The second-order valence-electron chi connectivity index (χ2n) is 5.30. The van der Waals surface area contributed by atoms with Gasteiger partial charge in [-0.25, -0.2) is 0 Å². The fourth-order valence-corrected chi connectivity index (χ4v) is 2.20. The van der Waals surface area contributed by atoms with E-state index in [1.54, 1.807) is 0 Å². The molecule has 4 nitrogen and oxygen atoms in total. The number of aromatic nitrogens is 1. The van der Waals surface area contributed by atoms with Gasteiger partial charge in [0.05, 0.1) is 0 Å². The summed E-state index contributed by atoms with van der Waals surface area (Å²) in [6, 6.07) is 3.97. The molecule has 0 radical (unpaired) electrons. The molecule has 0 atom stereocenters. The molecule has 0 aliphatic carbocycles. The molecule has 1 amide bonds. The highest BCUT2D eigenvalue weighted by Crippen LogP contribution is 2.27. The minimum absolute atomic E-state index is 0.157. The van der Waals surface area contributed by atoms with Crippen molar-refractivity contribution in [1.29, 1.82) is 0 Å². The molecule has 98 valence electrons. The van der Waals surface area contributed by atoms with Gasteiger partial charge >= 0.3 is 0 Å². The third kappa shape index (κ3) is 3.07. The van der Waals surface area contributed by atoms with Gasteiger partial charge in [0.2, 0.25) is 5.91 Å². The Bertz CT molecular complexity index is 408. The Balaban J connectivity index is 1.89. The SMILES string of the molecule is Cc1ccc(CNC(=O)C2(C)CCNCC2)cn1. The zero-order chi connectivity index (χ0) is 13.0. The summed E-state index contributed by atoms with van der Waals surface area (Å²) in [6.45, 7) is 6.43. The largest absolute Gasteiger partial charge is 0.351 e. The lowest BCUT2D eigenvalue weighted by molar-refractivity contribution is -0.131. The molecule has 1 aromatic heterocycles. The Hall–Kier alpha value is -1.42. The van der Waals surface area contributed by atoms with Crippen molar-refractivity contribution in [1.82, 2.24) is 15.6 Å². The van der Waals surface area contributed by atoms with Gasteiger partial charge in [0.1, 0.15) is 0 Å². The normalized spacial score (nSPS) is 18.3. The first kappa shape index (κ1) is 13.0. The van der Waals surface area contributed by atoms with Gasteiger partial charge in [-0.1, -0.05) is 13.0 Å². The van der Waals surface area contributed by atoms with Crippen LogP contribution in [0.5, 0.6) is 0 Å². The van der Waals surface area contributed by atoms with E-state index in [-0.39, 0.29) is 11.3 Å². The van der Waals surface area contributed by atoms with E-state index in [0.29, 0.717) is 6.54 Å². The van der Waals surface area contributed by atoms with Crippen LogP contribution >= 0.6 is 0 Å². The van der Waals surface area contributed by atoms with E-state index in [1.165, 1.54) is 0 Å². The van der Waals surface area contributed by atoms with Gasteiger partial charge in [-0.15, -0.1) is 0 Å². The van der Waals surface area contributed by atoms with Crippen LogP contribution in [0.1, 0.15) is 31.0 Å². The maximum Gasteiger partial charge on any atom is 0.226 e. The molecule has 0 aromatic carbocycles. The van der Waals surface area contributed by atoms with Crippen LogP contribution < -0.4 is 10.6 Å². The zero-order valence-corrected chi connectivity index (χ0v) is 11.1. The van der Waals surface area contributed by atoms with Crippen LogP contribution in [0.2, 0.25) is 0 Å². The molecule has 2 N–H and O–H groups in total. The monoisotopic (exact) mass is 247 g/mol. The summed E-state index contributed by atoms with van der Waals surface area (Å²) in [4.78, 5) is 16.4. The maximum atomic E-state index is 12.2. The number of nitrogens with one attached hydrogen (secondary N) is 2. The number of carbonyl (C=O) groups is 1. The lowest BCUT2D eigenvalue weighted by Gasteiger charge is -2.32. The van der Waals surface area contributed by atoms with Gasteiger partial charge in [0, 0.05) is 23.9 Å². The molecule has 4 heteroatoms. The van der Waals surface area contributed by atoms with Crippen molar-refractivity contribution in [3.63, 3.8) is 0 Å². The molecule has 2 heterocycles. The number of pyridine rings is 1. The van der Waals surface area contributed by atoms with Gasteiger partial charge in [0.15, 0.2) is 0 Å². The second kappa shape index (κ2) is 5.48. The average molecular weight is 247 g/mol. The number of carbonyl (C=O) groups excluding carboxylic acids is 1. The number of rotatable bonds is 3. The highest BCUT2D eigenvalue weighted by atomic mass is 16.2. The molecule has 0 bridgehead atoms. The van der Waals surface area contributed by atoms with Gasteiger partial charge < -0.3 is 10.6 Å². The lowest BCUT2D eigenvalue weighted by Crippen LogP contribution is -2.45. The quantitative estimate of drug-likeness (QED) is 0.849. The summed E-state index contributed by atoms with van der Waals surface area (Å²) >= 11 is 0. The second-order valence-corrected chi connectivity index (χ2v) is 5.30. The molecule has 0 spiro atoms. The fraction of sp³-hybridized carbons (Fsp3) is 0.571. The smallest absolute Gasteiger partial charge is 0.226 e. The predicted octanol–water partition coefficient (Wildman–Crippen LogP) is 1.40. The molecule has 1 fully saturated rings. The maximum absolute atomic E-state index is 12.2. The van der Waals surface area contributed by atoms with Crippen LogP contribution in [0.3, 0.4) is 0 Å². The van der Waals surface area contributed by atoms with Gasteiger partial charge in [-0.2, -0.15) is 0 Å². The van der Waals surface area contributed by atoms with Crippen LogP contribution in [-0.4, -0.2) is 24.0 Å². The number of piperidine rings is 1. The van der Waals surface area contributed by atoms with Crippen molar-refractivity contribution < 1.29 is 4.79 Å². The summed E-state index contributed by atoms with van der Waals surface area (Å²) < 4.78 is 0. The third-order valence-corrected chi connectivity index (χ3v) is 3.68. The zero-order valence-electron chi connectivity index (χ0n) is 11.1. The van der Waals surface area contributed by atoms with E-state index in [9.17, 15) is 4.79 Å². The first-order chi connectivity index (χ1) is 8.60. The van der Waals surface area contributed by atoms with E-state index >= 15 is 0 Å². The topological polar surface area (TPSA) is 54.0 Å². The van der Waals surface area contributed by atoms with Crippen molar-refractivity contribution >= 4 is 5.91 Å². The summed E-state index contributed by atoms with van der Waals surface area (Å²) in [5, 5.41) is 6.31. The van der Waals surface area contributed by atoms with Crippen molar-refractivity contribution in [3.8, 4) is 0 Å². The van der Waals surface area contributed by atoms with Crippen LogP contribution in [0.4, 0.5) is 0 Å². The van der Waals surface area contributed by atoms with Crippen LogP contribution in [0, 0.1) is 12.3 Å². The minimum atomic E-state index is -0.219. The molecular formula is C14H21N3O. The number of aryl methyl sites for hydroxylation is 1. The number of nitrogens with zero attached hydrogens (tertiary/aromatic N) is 1. The molecular weight excluding hydrogens is 226 g/mol. The van der Waals surface area contributed by atoms with E-state index in [2.05, 4.69) is 22.5 Å². The molecule has 18 heavy (non-hydrogen) atoms. The first-order valence-electron chi connectivity index (χ1n) is 6.51. The Labute approximate surface area is 108 Å². The summed E-state index contributed by atoms with van der Waals surface area (Å²) in [6.07, 6.45) is 3.64. The summed E-state index contributed by atoms with van der Waals surface area (Å²) in [5.74, 6) is 0.157. The highest BCUT2D eigenvalue weighted by Gasteiger charge is 2.34. The molecule has 2 rings (SSSR count). The average Bonchev–Trinajstić information content (AvgIpc) is 2.38. The number of amides is 1. The standard InChI is InChI=1S/C14H21N3O/c1-11-3-4-12(9-16-11)10-17-13(18)14(2)5-7-15-8-6-14/h3-4,9,15H,5-8,10H2,1-2H3,(H,17,18). The van der Waals surface area contributed by atoms with Crippen molar-refractivity contribution in [2.45, 2.75) is 33.2 Å². The van der Waals surface area contributed by atoms with E-state index < -0.39 is 0 Å². The molecule has 0 saturated carbocycles. The molecule has 1 saturated heterocycles. The fourth-order valence-electron chi connectivity index (χ4n) is 2.20. The predicted molar refractivity (Wildman–Crippen MR) is 71.0 cm³/mol. The first-order valence-corrected chi connectivity index (χ1v) is 6.51. The third-order valence-electron chi connectivity index (χ3n) is 3.68. The Morgan fingerprint density at radius 3 is 2.78 bits per heavy atom. The lowest BCUT2D eigenvalue weighted by atomic mass is 9.80. The van der Waals surface area contributed by atoms with Gasteiger partial charge in [-0.05, 0) is 44.5 Å². The molecule has 1 aliphatic heterocycles. The van der Waals surface area contributed by atoms with Gasteiger partial charge in [-0.3, -0.25) is 9.78 Å².